The van der Waals surface area contributed by atoms with Gasteiger partial charge < -0.3 is 17.0 Å². The van der Waals surface area contributed by atoms with Crippen LogP contribution >= 0.6 is 27.7 Å². The average molecular weight is 529 g/mol. The number of fused-ring (bicyclic) bond motifs is 1. The van der Waals surface area contributed by atoms with Crippen molar-refractivity contribution in [3.63, 3.8) is 0 Å². The second-order valence-electron chi connectivity index (χ2n) is 6.79. The normalized spacial score (nSPS) is 18.0. The van der Waals surface area contributed by atoms with E-state index in [4.69, 9.17) is 5.10 Å². The minimum absolute atomic E-state index is 0. The molecule has 0 amide bonds. The Labute approximate surface area is 193 Å². The molecule has 4 aromatic rings. The van der Waals surface area contributed by atoms with Gasteiger partial charge in [-0.15, -0.1) is 0 Å². The fraction of sp³-hybridized carbons (Fsp3) is 0.130. The molecule has 5 rings (SSSR count). The molecule has 2 unspecified atom stereocenters. The van der Waals surface area contributed by atoms with E-state index in [2.05, 4.69) is 104 Å². The molecule has 2 atom stereocenters. The lowest BCUT2D eigenvalue weighted by Crippen LogP contribution is -3.00. The van der Waals surface area contributed by atoms with E-state index in [1.54, 1.807) is 0 Å². The van der Waals surface area contributed by atoms with Crippen molar-refractivity contribution >= 4 is 27.7 Å². The third-order valence-electron chi connectivity index (χ3n) is 5.03. The van der Waals surface area contributed by atoms with Crippen LogP contribution in [0.3, 0.4) is 0 Å². The molecule has 0 spiro atoms. The third kappa shape index (κ3) is 3.81. The van der Waals surface area contributed by atoms with Crippen LogP contribution < -0.4 is 21.5 Å². The number of hydrogen-bond acceptors (Lipinski definition) is 2. The first kappa shape index (κ1) is 20.4. The van der Waals surface area contributed by atoms with Gasteiger partial charge >= 0.3 is 11.0 Å². The summed E-state index contributed by atoms with van der Waals surface area (Å²) in [6, 6.07) is 31.6. The van der Waals surface area contributed by atoms with Crippen LogP contribution in [0.15, 0.2) is 96.2 Å². The van der Waals surface area contributed by atoms with E-state index in [-0.39, 0.29) is 21.9 Å². The van der Waals surface area contributed by atoms with Crippen molar-refractivity contribution in [1.29, 1.82) is 0 Å². The van der Waals surface area contributed by atoms with Crippen molar-refractivity contribution in [1.82, 2.24) is 9.78 Å². The summed E-state index contributed by atoms with van der Waals surface area (Å²) < 4.78 is 4.41. The van der Waals surface area contributed by atoms with Crippen LogP contribution in [0.2, 0.25) is 0 Å². The Kier molecular flexibility index (Phi) is 6.23. The first-order valence-corrected chi connectivity index (χ1v) is 11.2. The molecule has 1 aromatic heterocycles. The second-order valence-corrected chi connectivity index (χ2v) is 8.71. The summed E-state index contributed by atoms with van der Waals surface area (Å²) in [6.45, 7) is 0. The van der Waals surface area contributed by atoms with E-state index in [9.17, 15) is 0 Å². The molecule has 3 aromatic carbocycles. The van der Waals surface area contributed by atoms with Gasteiger partial charge in [0.05, 0.1) is 5.56 Å². The summed E-state index contributed by atoms with van der Waals surface area (Å²) >= 11 is 5.82. The summed E-state index contributed by atoms with van der Waals surface area (Å²) in [4.78, 5) is 0.110. The van der Waals surface area contributed by atoms with Gasteiger partial charge in [-0.3, -0.25) is 0 Å². The highest BCUT2D eigenvalue weighted by molar-refractivity contribution is 9.09. The molecule has 1 aliphatic rings. The minimum Gasteiger partial charge on any atom is -1.00 e. The van der Waals surface area contributed by atoms with Crippen molar-refractivity contribution in [2.24, 2.45) is 0 Å². The van der Waals surface area contributed by atoms with Gasteiger partial charge in [-0.1, -0.05) is 83.2 Å². The molecule has 2 heterocycles. The molecular formula is C23H19Br2N3S. The van der Waals surface area contributed by atoms with Crippen LogP contribution in [0.4, 0.5) is 0 Å². The van der Waals surface area contributed by atoms with E-state index >= 15 is 0 Å². The Morgan fingerprint density at radius 1 is 0.862 bits per heavy atom. The van der Waals surface area contributed by atoms with E-state index in [1.807, 2.05) is 23.9 Å². The molecule has 3 nitrogen and oxygen atoms in total. The highest BCUT2D eigenvalue weighted by atomic mass is 79.9. The van der Waals surface area contributed by atoms with Crippen LogP contribution in [-0.4, -0.2) is 15.5 Å². The first-order chi connectivity index (χ1) is 13.8. The Balaban J connectivity index is 0.00000205. The summed E-state index contributed by atoms with van der Waals surface area (Å²) in [5.74, 6) is 2.34. The summed E-state index contributed by atoms with van der Waals surface area (Å²) in [5, 5.41) is 6.22. The Bertz CT molecular complexity index is 1090. The maximum atomic E-state index is 5.07. The van der Waals surface area contributed by atoms with Crippen molar-refractivity contribution in [3.8, 4) is 17.1 Å². The molecule has 146 valence electrons. The molecule has 0 radical (unpaired) electrons. The average Bonchev–Trinajstić information content (AvgIpc) is 3.16. The number of nitrogens with zero attached hydrogens (tertiary/aromatic N) is 3. The van der Waals surface area contributed by atoms with Gasteiger partial charge in [0.1, 0.15) is 5.69 Å². The van der Waals surface area contributed by atoms with Gasteiger partial charge in [0.2, 0.25) is 0 Å². The van der Waals surface area contributed by atoms with Crippen LogP contribution in [0.1, 0.15) is 16.4 Å². The molecule has 29 heavy (non-hydrogen) atoms. The molecule has 6 heteroatoms. The monoisotopic (exact) mass is 527 g/mol. The van der Waals surface area contributed by atoms with Gasteiger partial charge in [-0.25, -0.2) is 0 Å². The molecule has 0 saturated heterocycles. The molecular weight excluding hydrogens is 510 g/mol. The fourth-order valence-corrected chi connectivity index (χ4v) is 6.10. The lowest BCUT2D eigenvalue weighted by Gasteiger charge is -2.24. The fourth-order valence-electron chi connectivity index (χ4n) is 3.63. The van der Waals surface area contributed by atoms with E-state index in [1.165, 1.54) is 5.56 Å². The highest BCUT2D eigenvalue weighted by Gasteiger charge is 2.40. The predicted octanol–water partition coefficient (Wildman–Crippen LogP) is 2.61. The zero-order valence-corrected chi connectivity index (χ0v) is 19.5. The van der Waals surface area contributed by atoms with Gasteiger partial charge in [-0.2, -0.15) is 4.57 Å². The largest absolute Gasteiger partial charge is 1.00 e. The Hall–Kier alpha value is -1.89. The lowest BCUT2D eigenvalue weighted by molar-refractivity contribution is -0.627. The van der Waals surface area contributed by atoms with Crippen LogP contribution in [0, 0.1) is 0 Å². The summed E-state index contributed by atoms with van der Waals surface area (Å²) in [7, 11) is 0. The van der Waals surface area contributed by atoms with E-state index in [0.29, 0.717) is 5.92 Å². The standard InChI is InChI=1S/C23H19BrN3S.BrH/c24-21-20(17-10-4-1-5-11-17)16-28-23-26(19-14-8-3-9-15-19)22(25-27(21)23)18-12-6-2-7-13-18;/h1-15,20-21H,16H2;1H/q+1;/p-1. The number of aromatic nitrogens is 3. The summed E-state index contributed by atoms with van der Waals surface area (Å²) in [6.07, 6.45) is 0. The number of para-hydroxylation sites is 1. The second kappa shape index (κ2) is 8.86. The highest BCUT2D eigenvalue weighted by Crippen LogP contribution is 2.43. The molecule has 0 saturated carbocycles. The number of thioether (sulfide) groups is 1. The first-order valence-electron chi connectivity index (χ1n) is 9.30. The Morgan fingerprint density at radius 3 is 2.10 bits per heavy atom. The molecule has 0 fully saturated rings. The lowest BCUT2D eigenvalue weighted by atomic mass is 10.0. The van der Waals surface area contributed by atoms with Crippen molar-refractivity contribution in [2.75, 3.05) is 5.75 Å². The number of alkyl halides is 1. The van der Waals surface area contributed by atoms with Crippen LogP contribution in [-0.2, 0) is 0 Å². The predicted molar refractivity (Wildman–Crippen MR) is 117 cm³/mol. The zero-order valence-electron chi connectivity index (χ0n) is 15.5. The van der Waals surface area contributed by atoms with E-state index < -0.39 is 0 Å². The van der Waals surface area contributed by atoms with Crippen LogP contribution in [0.25, 0.3) is 17.1 Å². The van der Waals surface area contributed by atoms with E-state index in [0.717, 1.165) is 28.0 Å². The van der Waals surface area contributed by atoms with Gasteiger partial charge in [0, 0.05) is 16.8 Å². The maximum Gasteiger partial charge on any atom is 0.314 e. The van der Waals surface area contributed by atoms with Gasteiger partial charge in [0.25, 0.3) is 0 Å². The van der Waals surface area contributed by atoms with Crippen molar-refractivity contribution in [3.05, 3.63) is 96.6 Å². The number of hydrogen-bond donors (Lipinski definition) is 0. The maximum absolute atomic E-state index is 5.07. The molecule has 0 bridgehead atoms. The minimum atomic E-state index is 0. The number of rotatable bonds is 3. The number of benzene rings is 3. The summed E-state index contributed by atoms with van der Waals surface area (Å²) in [5.41, 5.74) is 3.59. The van der Waals surface area contributed by atoms with Crippen molar-refractivity contribution in [2.45, 2.75) is 16.0 Å². The Morgan fingerprint density at radius 2 is 1.45 bits per heavy atom. The topological polar surface area (TPSA) is 21.7 Å². The zero-order chi connectivity index (χ0) is 18.9. The third-order valence-corrected chi connectivity index (χ3v) is 7.21. The molecule has 0 N–H and O–H groups in total. The van der Waals surface area contributed by atoms with Gasteiger partial charge in [-0.05, 0) is 45.8 Å². The molecule has 1 aliphatic heterocycles. The smallest absolute Gasteiger partial charge is 0.314 e. The van der Waals surface area contributed by atoms with Gasteiger partial charge in [0.15, 0.2) is 4.95 Å². The SMILES string of the molecule is BrC1C(c2ccccc2)CSc2n1nc(-c1ccccc1)[n+]2-c1ccccc1.[Br-]. The quantitative estimate of drug-likeness (QED) is 0.301. The molecule has 0 aliphatic carbocycles. The number of halogens is 2. The van der Waals surface area contributed by atoms with Crippen LogP contribution in [0.5, 0.6) is 0 Å². The van der Waals surface area contributed by atoms with Crippen molar-refractivity contribution < 1.29 is 21.5 Å².